The van der Waals surface area contributed by atoms with Crippen LogP contribution in [0.2, 0.25) is 0 Å². The SMILES string of the molecule is CC(O)C1[C@H]2CNC[C@@H]12. The zero-order valence-corrected chi connectivity index (χ0v) is 5.67. The van der Waals surface area contributed by atoms with Crippen molar-refractivity contribution in [3.63, 3.8) is 0 Å². The smallest absolute Gasteiger partial charge is 0.0546 e. The summed E-state index contributed by atoms with van der Waals surface area (Å²) in [5.74, 6) is 2.25. The fourth-order valence-corrected chi connectivity index (χ4v) is 2.18. The number of fused-ring (bicyclic) bond motifs is 1. The normalized spacial score (nSPS) is 50.7. The highest BCUT2D eigenvalue weighted by atomic mass is 16.3. The third-order valence-electron chi connectivity index (χ3n) is 2.71. The van der Waals surface area contributed by atoms with E-state index in [2.05, 4.69) is 5.32 Å². The van der Waals surface area contributed by atoms with Gasteiger partial charge in [-0.05, 0) is 37.8 Å². The molecule has 2 N–H and O–H groups in total. The second-order valence-corrected chi connectivity index (χ2v) is 3.30. The van der Waals surface area contributed by atoms with E-state index in [4.69, 9.17) is 0 Å². The Morgan fingerprint density at radius 1 is 1.44 bits per heavy atom. The highest BCUT2D eigenvalue weighted by Crippen LogP contribution is 2.50. The Kier molecular flexibility index (Phi) is 1.08. The number of nitrogens with one attached hydrogen (secondary N) is 1. The number of hydrogen-bond acceptors (Lipinski definition) is 2. The molecule has 0 radical (unpaired) electrons. The van der Waals surface area contributed by atoms with Crippen LogP contribution in [-0.2, 0) is 0 Å². The molecule has 52 valence electrons. The van der Waals surface area contributed by atoms with E-state index in [0.717, 1.165) is 24.9 Å². The molecule has 4 atom stereocenters. The summed E-state index contributed by atoms with van der Waals surface area (Å²) in [7, 11) is 0. The Labute approximate surface area is 55.3 Å². The third-order valence-corrected chi connectivity index (χ3v) is 2.71. The molecule has 2 unspecified atom stereocenters. The van der Waals surface area contributed by atoms with Crippen LogP contribution in [0.3, 0.4) is 0 Å². The highest BCUT2D eigenvalue weighted by molar-refractivity contribution is 5.05. The van der Waals surface area contributed by atoms with E-state index in [1.165, 1.54) is 0 Å². The number of aliphatic hydroxyl groups excluding tert-OH is 1. The average molecular weight is 127 g/mol. The molecule has 1 heterocycles. The molecule has 1 saturated heterocycles. The molecular formula is C7H13NO. The molecule has 2 rings (SSSR count). The van der Waals surface area contributed by atoms with Crippen LogP contribution >= 0.6 is 0 Å². The van der Waals surface area contributed by atoms with Crippen LogP contribution in [0, 0.1) is 17.8 Å². The number of rotatable bonds is 1. The van der Waals surface area contributed by atoms with Crippen molar-refractivity contribution in [3.8, 4) is 0 Å². The number of aliphatic hydroxyl groups is 1. The third kappa shape index (κ3) is 0.700. The van der Waals surface area contributed by atoms with Crippen LogP contribution in [0.1, 0.15) is 6.92 Å². The van der Waals surface area contributed by atoms with Crippen molar-refractivity contribution in [2.75, 3.05) is 13.1 Å². The monoisotopic (exact) mass is 127 g/mol. The van der Waals surface area contributed by atoms with Gasteiger partial charge in [0.05, 0.1) is 6.10 Å². The van der Waals surface area contributed by atoms with E-state index in [0.29, 0.717) is 5.92 Å². The molecular weight excluding hydrogens is 114 g/mol. The first-order chi connectivity index (χ1) is 4.30. The van der Waals surface area contributed by atoms with Crippen LogP contribution in [0.15, 0.2) is 0 Å². The predicted molar refractivity (Wildman–Crippen MR) is 35.0 cm³/mol. The molecule has 1 aliphatic heterocycles. The Morgan fingerprint density at radius 2 is 2.00 bits per heavy atom. The van der Waals surface area contributed by atoms with Crippen LogP contribution in [0.4, 0.5) is 0 Å². The van der Waals surface area contributed by atoms with Gasteiger partial charge in [0, 0.05) is 0 Å². The minimum absolute atomic E-state index is 0.0675. The van der Waals surface area contributed by atoms with Crippen molar-refractivity contribution >= 4 is 0 Å². The summed E-state index contributed by atoms with van der Waals surface area (Å²) < 4.78 is 0. The number of piperidine rings is 1. The van der Waals surface area contributed by atoms with Gasteiger partial charge in [-0.2, -0.15) is 0 Å². The van der Waals surface area contributed by atoms with E-state index in [-0.39, 0.29) is 6.10 Å². The maximum Gasteiger partial charge on any atom is 0.0546 e. The standard InChI is InChI=1S/C7H13NO/c1-4(9)7-5-2-8-3-6(5)7/h4-9H,2-3H2,1H3/t4?,5-,6+,7?. The topological polar surface area (TPSA) is 32.3 Å². The van der Waals surface area contributed by atoms with Gasteiger partial charge in [-0.3, -0.25) is 0 Å². The lowest BCUT2D eigenvalue weighted by atomic mass is 10.2. The highest BCUT2D eigenvalue weighted by Gasteiger charge is 2.54. The molecule has 2 heteroatoms. The van der Waals surface area contributed by atoms with Gasteiger partial charge in [0.1, 0.15) is 0 Å². The lowest BCUT2D eigenvalue weighted by Gasteiger charge is -2.05. The Hall–Kier alpha value is -0.0800. The van der Waals surface area contributed by atoms with Gasteiger partial charge in [0.25, 0.3) is 0 Å². The summed E-state index contributed by atoms with van der Waals surface area (Å²) in [6, 6.07) is 0. The Bertz CT molecular complexity index is 114. The molecule has 0 amide bonds. The average Bonchev–Trinajstić information content (AvgIpc) is 2.30. The second-order valence-electron chi connectivity index (χ2n) is 3.30. The largest absolute Gasteiger partial charge is 0.393 e. The van der Waals surface area contributed by atoms with E-state index < -0.39 is 0 Å². The van der Waals surface area contributed by atoms with Gasteiger partial charge in [0.15, 0.2) is 0 Å². The zero-order chi connectivity index (χ0) is 6.43. The minimum Gasteiger partial charge on any atom is -0.393 e. The molecule has 9 heavy (non-hydrogen) atoms. The van der Waals surface area contributed by atoms with Gasteiger partial charge in [-0.15, -0.1) is 0 Å². The van der Waals surface area contributed by atoms with Crippen LogP contribution < -0.4 is 5.32 Å². The Morgan fingerprint density at radius 3 is 2.33 bits per heavy atom. The fourth-order valence-electron chi connectivity index (χ4n) is 2.18. The molecule has 2 aliphatic rings. The molecule has 0 aromatic rings. The summed E-state index contributed by atoms with van der Waals surface area (Å²) in [5, 5.41) is 12.5. The quantitative estimate of drug-likeness (QED) is 0.512. The summed E-state index contributed by atoms with van der Waals surface area (Å²) in [4.78, 5) is 0. The van der Waals surface area contributed by atoms with Gasteiger partial charge >= 0.3 is 0 Å². The molecule has 2 nitrogen and oxygen atoms in total. The molecule has 0 aromatic carbocycles. The summed E-state index contributed by atoms with van der Waals surface area (Å²) in [6.45, 7) is 4.18. The van der Waals surface area contributed by atoms with Crippen LogP contribution in [-0.4, -0.2) is 24.3 Å². The summed E-state index contributed by atoms with van der Waals surface area (Å²) >= 11 is 0. The van der Waals surface area contributed by atoms with Gasteiger partial charge < -0.3 is 10.4 Å². The van der Waals surface area contributed by atoms with Gasteiger partial charge in [-0.1, -0.05) is 0 Å². The van der Waals surface area contributed by atoms with Crippen molar-refractivity contribution in [2.45, 2.75) is 13.0 Å². The molecule has 1 saturated carbocycles. The lowest BCUT2D eigenvalue weighted by Crippen LogP contribution is -2.19. The summed E-state index contributed by atoms with van der Waals surface area (Å²) in [6.07, 6.45) is -0.0675. The predicted octanol–water partition coefficient (Wildman–Crippen LogP) is -0.167. The second kappa shape index (κ2) is 1.70. The van der Waals surface area contributed by atoms with Crippen molar-refractivity contribution in [1.82, 2.24) is 5.32 Å². The fraction of sp³-hybridized carbons (Fsp3) is 1.00. The van der Waals surface area contributed by atoms with Crippen molar-refractivity contribution < 1.29 is 5.11 Å². The summed E-state index contributed by atoms with van der Waals surface area (Å²) in [5.41, 5.74) is 0. The van der Waals surface area contributed by atoms with Crippen LogP contribution in [0.5, 0.6) is 0 Å². The lowest BCUT2D eigenvalue weighted by molar-refractivity contribution is 0.156. The van der Waals surface area contributed by atoms with Gasteiger partial charge in [0.2, 0.25) is 0 Å². The maximum atomic E-state index is 9.17. The molecule has 0 bridgehead atoms. The van der Waals surface area contributed by atoms with Gasteiger partial charge in [-0.25, -0.2) is 0 Å². The van der Waals surface area contributed by atoms with Crippen LogP contribution in [0.25, 0.3) is 0 Å². The first-order valence-corrected chi connectivity index (χ1v) is 3.69. The first-order valence-electron chi connectivity index (χ1n) is 3.69. The van der Waals surface area contributed by atoms with E-state index >= 15 is 0 Å². The molecule has 1 aliphatic carbocycles. The first kappa shape index (κ1) is 5.69. The molecule has 2 fully saturated rings. The van der Waals surface area contributed by atoms with Crippen molar-refractivity contribution in [1.29, 1.82) is 0 Å². The van der Waals surface area contributed by atoms with E-state index in [9.17, 15) is 5.11 Å². The van der Waals surface area contributed by atoms with Crippen molar-refractivity contribution in [3.05, 3.63) is 0 Å². The molecule has 0 aromatic heterocycles. The molecule has 0 spiro atoms. The maximum absolute atomic E-state index is 9.17. The van der Waals surface area contributed by atoms with E-state index in [1.807, 2.05) is 6.92 Å². The minimum atomic E-state index is -0.0675. The van der Waals surface area contributed by atoms with Crippen molar-refractivity contribution in [2.24, 2.45) is 17.8 Å². The number of hydrogen-bond donors (Lipinski definition) is 2. The van der Waals surface area contributed by atoms with E-state index in [1.54, 1.807) is 0 Å². The Balaban J connectivity index is 1.94. The zero-order valence-electron chi connectivity index (χ0n) is 5.67.